The van der Waals surface area contributed by atoms with Crippen molar-refractivity contribution >= 4 is 6.47 Å². The first-order valence-corrected chi connectivity index (χ1v) is 1.82. The molecule has 0 aliphatic heterocycles. The second-order valence-electron chi connectivity index (χ2n) is 1.14. The zero-order valence-corrected chi connectivity index (χ0v) is 4.13. The lowest BCUT2D eigenvalue weighted by molar-refractivity contribution is -0.0992. The summed E-state index contributed by atoms with van der Waals surface area (Å²) in [6.45, 7) is 4.03. The molecule has 0 rings (SSSR count). The Morgan fingerprint density at radius 2 is 2.50 bits per heavy atom. The summed E-state index contributed by atoms with van der Waals surface area (Å²) < 4.78 is 3.79. The zero-order valence-electron chi connectivity index (χ0n) is 4.13. The van der Waals surface area contributed by atoms with E-state index in [1.54, 1.807) is 0 Å². The molecule has 3 N–H and O–H groups in total. The molecule has 0 spiro atoms. The van der Waals surface area contributed by atoms with Gasteiger partial charge in [0.05, 0.1) is 0 Å². The van der Waals surface area contributed by atoms with E-state index in [2.05, 4.69) is 11.3 Å². The fraction of sp³-hybridized carbons (Fsp3) is 0.250. The van der Waals surface area contributed by atoms with E-state index >= 15 is 0 Å². The third kappa shape index (κ3) is 2.33. The summed E-state index contributed by atoms with van der Waals surface area (Å²) in [6.07, 6.45) is 0.873. The van der Waals surface area contributed by atoms with Crippen LogP contribution in [0.25, 0.3) is 0 Å². The number of aliphatic hydroxyl groups is 1. The van der Waals surface area contributed by atoms with Crippen LogP contribution in [0.1, 0.15) is 0 Å². The average Bonchev–Trinajstić information content (AvgIpc) is 1.67. The molecule has 0 saturated heterocycles. The minimum Gasteiger partial charge on any atom is -0.407 e. The van der Waals surface area contributed by atoms with Gasteiger partial charge in [-0.05, 0) is 6.08 Å². The Morgan fingerprint density at radius 1 is 2.00 bits per heavy atom. The van der Waals surface area contributed by atoms with Crippen LogP contribution in [0.2, 0.25) is 0 Å². The van der Waals surface area contributed by atoms with E-state index in [0.29, 0.717) is 0 Å². The molecule has 0 aliphatic carbocycles. The molecule has 8 heavy (non-hydrogen) atoms. The maximum absolute atomic E-state index is 9.34. The molecule has 45 valence electrons. The fourth-order valence-electron chi connectivity index (χ4n) is 0.108. The summed E-state index contributed by atoms with van der Waals surface area (Å²) in [4.78, 5) is 9.34. The van der Waals surface area contributed by atoms with Crippen LogP contribution in [0.15, 0.2) is 12.7 Å². The van der Waals surface area contributed by atoms with Crippen LogP contribution in [0.5, 0.6) is 0 Å². The minimum absolute atomic E-state index is 0.873. The van der Waals surface area contributed by atoms with E-state index in [9.17, 15) is 4.79 Å². The lowest BCUT2D eigenvalue weighted by Crippen LogP contribution is -2.39. The molecule has 0 amide bonds. The summed E-state index contributed by atoms with van der Waals surface area (Å²) in [5.41, 5.74) is 4.78. The smallest absolute Gasteiger partial charge is 0.407 e. The Balaban J connectivity index is 3.70. The molecule has 1 radical (unpaired) electrons. The maximum Gasteiger partial charge on any atom is 0.421 e. The standard InChI is InChI=1S/C4H6NO3/c1-2-4(5,7)8-3-6/h2,7H,1,5H2. The Kier molecular flexibility index (Phi) is 2.18. The maximum atomic E-state index is 9.34. The molecule has 1 atom stereocenters. The van der Waals surface area contributed by atoms with Crippen molar-refractivity contribution in [1.29, 1.82) is 0 Å². The van der Waals surface area contributed by atoms with E-state index in [0.717, 1.165) is 12.5 Å². The Labute approximate surface area is 46.6 Å². The third-order valence-electron chi connectivity index (χ3n) is 0.498. The predicted octanol–water partition coefficient (Wildman–Crippen LogP) is -1.14. The van der Waals surface area contributed by atoms with Gasteiger partial charge in [-0.25, -0.2) is 4.79 Å². The van der Waals surface area contributed by atoms with Crippen LogP contribution in [-0.4, -0.2) is 17.5 Å². The molecule has 1 unspecified atom stereocenters. The van der Waals surface area contributed by atoms with Crippen molar-refractivity contribution in [3.05, 3.63) is 12.7 Å². The highest BCUT2D eigenvalue weighted by Gasteiger charge is 2.15. The normalized spacial score (nSPS) is 16.2. The van der Waals surface area contributed by atoms with Crippen molar-refractivity contribution in [2.75, 3.05) is 0 Å². The van der Waals surface area contributed by atoms with Gasteiger partial charge in [-0.15, -0.1) is 0 Å². The lowest BCUT2D eigenvalue weighted by Gasteiger charge is -2.12. The summed E-state index contributed by atoms with van der Waals surface area (Å²) in [6, 6.07) is 0. The second kappa shape index (κ2) is 2.44. The van der Waals surface area contributed by atoms with Gasteiger partial charge in [-0.3, -0.25) is 5.73 Å². The quantitative estimate of drug-likeness (QED) is 0.361. The molecule has 0 bridgehead atoms. The third-order valence-corrected chi connectivity index (χ3v) is 0.498. The van der Waals surface area contributed by atoms with E-state index in [4.69, 9.17) is 10.8 Å². The minimum atomic E-state index is -2.07. The van der Waals surface area contributed by atoms with Crippen LogP contribution in [-0.2, 0) is 9.53 Å². The number of hydrogen-bond donors (Lipinski definition) is 2. The number of ether oxygens (including phenoxy) is 1. The second-order valence-corrected chi connectivity index (χ2v) is 1.14. The van der Waals surface area contributed by atoms with Crippen LogP contribution in [0.3, 0.4) is 0 Å². The van der Waals surface area contributed by atoms with Gasteiger partial charge < -0.3 is 9.84 Å². The van der Waals surface area contributed by atoms with Crippen LogP contribution in [0, 0.1) is 0 Å². The number of hydrogen-bond acceptors (Lipinski definition) is 4. The molecule has 0 aromatic carbocycles. The number of nitrogens with two attached hydrogens (primary N) is 1. The van der Waals surface area contributed by atoms with E-state index in [1.807, 2.05) is 0 Å². The van der Waals surface area contributed by atoms with Crippen molar-refractivity contribution in [2.24, 2.45) is 5.73 Å². The predicted molar refractivity (Wildman–Crippen MR) is 26.1 cm³/mol. The molecule has 0 aromatic rings. The zero-order chi connectivity index (χ0) is 6.62. The monoisotopic (exact) mass is 116 g/mol. The first kappa shape index (κ1) is 7.13. The van der Waals surface area contributed by atoms with Gasteiger partial charge in [0, 0.05) is 0 Å². The number of carbonyl (C=O) groups excluding carboxylic acids is 1. The van der Waals surface area contributed by atoms with Crippen LogP contribution < -0.4 is 5.73 Å². The highest BCUT2D eigenvalue weighted by molar-refractivity contribution is 5.39. The van der Waals surface area contributed by atoms with Gasteiger partial charge >= 0.3 is 6.47 Å². The number of rotatable bonds is 3. The van der Waals surface area contributed by atoms with Gasteiger partial charge in [0.25, 0.3) is 5.91 Å². The van der Waals surface area contributed by atoms with Gasteiger partial charge in [-0.2, -0.15) is 0 Å². The molecule has 0 fully saturated rings. The molecule has 0 aromatic heterocycles. The van der Waals surface area contributed by atoms with Gasteiger partial charge in [-0.1, -0.05) is 6.58 Å². The highest BCUT2D eigenvalue weighted by Crippen LogP contribution is 1.93. The van der Waals surface area contributed by atoms with Crippen molar-refractivity contribution in [2.45, 2.75) is 5.91 Å². The van der Waals surface area contributed by atoms with E-state index < -0.39 is 5.91 Å². The lowest BCUT2D eigenvalue weighted by atomic mass is 10.5. The van der Waals surface area contributed by atoms with Crippen molar-refractivity contribution in [3.63, 3.8) is 0 Å². The molecular weight excluding hydrogens is 110 g/mol. The van der Waals surface area contributed by atoms with Crippen LogP contribution in [0.4, 0.5) is 0 Å². The van der Waals surface area contributed by atoms with Crippen molar-refractivity contribution < 1.29 is 14.6 Å². The molecule has 0 heterocycles. The molecule has 0 aliphatic rings. The Hall–Kier alpha value is -0.870. The van der Waals surface area contributed by atoms with E-state index in [1.165, 1.54) is 0 Å². The summed E-state index contributed by atoms with van der Waals surface area (Å²) in [5.74, 6) is -2.07. The average molecular weight is 116 g/mol. The van der Waals surface area contributed by atoms with E-state index in [-0.39, 0.29) is 0 Å². The molecule has 4 nitrogen and oxygen atoms in total. The Bertz CT molecular complexity index is 99.5. The summed E-state index contributed by atoms with van der Waals surface area (Å²) in [5, 5.41) is 8.50. The van der Waals surface area contributed by atoms with Gasteiger partial charge in [0.1, 0.15) is 0 Å². The Morgan fingerprint density at radius 3 is 2.62 bits per heavy atom. The van der Waals surface area contributed by atoms with Gasteiger partial charge in [0.2, 0.25) is 0 Å². The highest BCUT2D eigenvalue weighted by atomic mass is 16.7. The molecular formula is C4H6NO3. The van der Waals surface area contributed by atoms with Gasteiger partial charge in [0.15, 0.2) is 0 Å². The largest absolute Gasteiger partial charge is 0.421 e. The van der Waals surface area contributed by atoms with Crippen molar-refractivity contribution in [1.82, 2.24) is 0 Å². The SMILES string of the molecule is C=CC(N)(O)O[C]=O. The van der Waals surface area contributed by atoms with Crippen molar-refractivity contribution in [3.8, 4) is 0 Å². The van der Waals surface area contributed by atoms with Crippen LogP contribution >= 0.6 is 0 Å². The summed E-state index contributed by atoms with van der Waals surface area (Å²) >= 11 is 0. The fourth-order valence-corrected chi connectivity index (χ4v) is 0.108. The molecule has 0 saturated carbocycles. The topological polar surface area (TPSA) is 72.6 Å². The first-order chi connectivity index (χ1) is 3.62. The first-order valence-electron chi connectivity index (χ1n) is 1.82. The summed E-state index contributed by atoms with van der Waals surface area (Å²) in [7, 11) is 0. The molecule has 4 heteroatoms.